The lowest BCUT2D eigenvalue weighted by atomic mass is 9.86. The molecule has 2 aromatic carbocycles. The Balaban J connectivity index is 1.70. The molecule has 0 bridgehead atoms. The first-order valence-corrected chi connectivity index (χ1v) is 11.0. The van der Waals surface area contributed by atoms with Crippen LogP contribution in [0.2, 0.25) is 0 Å². The van der Waals surface area contributed by atoms with Gasteiger partial charge in [-0.1, -0.05) is 71.0 Å². The Labute approximate surface area is 180 Å². The van der Waals surface area contributed by atoms with Crippen LogP contribution in [0.5, 0.6) is 0 Å². The van der Waals surface area contributed by atoms with E-state index in [1.165, 1.54) is 16.7 Å². The predicted octanol–water partition coefficient (Wildman–Crippen LogP) is 4.93. The third-order valence-corrected chi connectivity index (χ3v) is 5.93. The zero-order chi connectivity index (χ0) is 21.9. The van der Waals surface area contributed by atoms with Gasteiger partial charge in [-0.3, -0.25) is 9.59 Å². The van der Waals surface area contributed by atoms with Gasteiger partial charge in [0.2, 0.25) is 5.91 Å². The minimum atomic E-state index is -0.575. The van der Waals surface area contributed by atoms with Crippen LogP contribution in [0.15, 0.2) is 48.5 Å². The highest BCUT2D eigenvalue weighted by atomic mass is 16.2. The highest BCUT2D eigenvalue weighted by molar-refractivity contribution is 5.97. The lowest BCUT2D eigenvalue weighted by Gasteiger charge is -2.29. The number of carbonyl (C=O) groups is 2. The number of aryl methyl sites for hydroxylation is 1. The number of hydrogen-bond donors (Lipinski definition) is 2. The minimum Gasteiger partial charge on any atom is -0.347 e. The van der Waals surface area contributed by atoms with E-state index >= 15 is 0 Å². The van der Waals surface area contributed by atoms with Crippen molar-refractivity contribution in [1.82, 2.24) is 10.6 Å². The first-order valence-electron chi connectivity index (χ1n) is 11.0. The van der Waals surface area contributed by atoms with Crippen LogP contribution in [-0.4, -0.2) is 17.9 Å². The molecule has 4 heteroatoms. The third kappa shape index (κ3) is 5.10. The van der Waals surface area contributed by atoms with Gasteiger partial charge in [-0.05, 0) is 59.4 Å². The molecule has 0 spiro atoms. The molecule has 4 nitrogen and oxygen atoms in total. The first-order chi connectivity index (χ1) is 14.2. The van der Waals surface area contributed by atoms with Crippen LogP contribution in [-0.2, 0) is 16.6 Å². The van der Waals surface area contributed by atoms with Gasteiger partial charge in [0.15, 0.2) is 0 Å². The molecule has 1 aliphatic rings. The second-order valence-electron chi connectivity index (χ2n) is 9.67. The summed E-state index contributed by atoms with van der Waals surface area (Å²) in [5.41, 5.74) is 4.28. The molecule has 0 saturated carbocycles. The van der Waals surface area contributed by atoms with E-state index in [0.717, 1.165) is 19.3 Å². The fourth-order valence-corrected chi connectivity index (χ4v) is 4.05. The zero-order valence-electron chi connectivity index (χ0n) is 18.8. The molecule has 3 rings (SSSR count). The van der Waals surface area contributed by atoms with Gasteiger partial charge in [0.1, 0.15) is 6.04 Å². The van der Waals surface area contributed by atoms with Gasteiger partial charge >= 0.3 is 0 Å². The van der Waals surface area contributed by atoms with Crippen molar-refractivity contribution in [2.24, 2.45) is 5.92 Å². The smallest absolute Gasteiger partial charge is 0.251 e. The molecule has 0 aromatic heterocycles. The van der Waals surface area contributed by atoms with E-state index in [1.807, 2.05) is 50.2 Å². The zero-order valence-corrected chi connectivity index (χ0v) is 18.8. The van der Waals surface area contributed by atoms with Crippen molar-refractivity contribution in [2.45, 2.75) is 71.4 Å². The minimum absolute atomic E-state index is 0.00618. The summed E-state index contributed by atoms with van der Waals surface area (Å²) < 4.78 is 0. The van der Waals surface area contributed by atoms with E-state index < -0.39 is 6.04 Å². The van der Waals surface area contributed by atoms with Crippen molar-refractivity contribution in [1.29, 1.82) is 0 Å². The van der Waals surface area contributed by atoms with Crippen molar-refractivity contribution in [3.05, 3.63) is 70.8 Å². The number of carbonyl (C=O) groups excluding carboxylic acids is 2. The van der Waals surface area contributed by atoms with Crippen LogP contribution in [0.25, 0.3) is 0 Å². The van der Waals surface area contributed by atoms with Gasteiger partial charge in [0.25, 0.3) is 5.91 Å². The molecule has 160 valence electrons. The van der Waals surface area contributed by atoms with Gasteiger partial charge in [0.05, 0.1) is 6.04 Å². The second-order valence-corrected chi connectivity index (χ2v) is 9.67. The van der Waals surface area contributed by atoms with E-state index in [9.17, 15) is 9.59 Å². The molecule has 0 radical (unpaired) electrons. The predicted molar refractivity (Wildman–Crippen MR) is 121 cm³/mol. The maximum absolute atomic E-state index is 13.1. The molecule has 0 fully saturated rings. The molecule has 0 saturated heterocycles. The van der Waals surface area contributed by atoms with E-state index in [4.69, 9.17) is 0 Å². The van der Waals surface area contributed by atoms with Crippen molar-refractivity contribution in [2.75, 3.05) is 0 Å². The monoisotopic (exact) mass is 406 g/mol. The van der Waals surface area contributed by atoms with Crippen molar-refractivity contribution in [3.63, 3.8) is 0 Å². The highest BCUT2D eigenvalue weighted by Crippen LogP contribution is 2.29. The van der Waals surface area contributed by atoms with Gasteiger partial charge < -0.3 is 10.6 Å². The summed E-state index contributed by atoms with van der Waals surface area (Å²) in [5.74, 6) is -0.346. The number of amides is 2. The summed E-state index contributed by atoms with van der Waals surface area (Å²) in [6.45, 7) is 10.4. The highest BCUT2D eigenvalue weighted by Gasteiger charge is 2.29. The van der Waals surface area contributed by atoms with Gasteiger partial charge in [-0.2, -0.15) is 0 Å². The topological polar surface area (TPSA) is 58.2 Å². The van der Waals surface area contributed by atoms with Crippen LogP contribution in [0, 0.1) is 5.92 Å². The lowest BCUT2D eigenvalue weighted by molar-refractivity contribution is -0.124. The van der Waals surface area contributed by atoms with Crippen LogP contribution >= 0.6 is 0 Å². The summed E-state index contributed by atoms with van der Waals surface area (Å²) >= 11 is 0. The quantitative estimate of drug-likeness (QED) is 0.739. The molecule has 2 atom stereocenters. The summed E-state index contributed by atoms with van der Waals surface area (Å²) in [6, 6.07) is 15.4. The fourth-order valence-electron chi connectivity index (χ4n) is 4.05. The largest absolute Gasteiger partial charge is 0.347 e. The van der Waals surface area contributed by atoms with Crippen molar-refractivity contribution >= 4 is 11.8 Å². The molecular formula is C26H34N2O2. The maximum Gasteiger partial charge on any atom is 0.251 e. The fraction of sp³-hybridized carbons (Fsp3) is 0.462. The Morgan fingerprint density at radius 1 is 1.00 bits per heavy atom. The summed E-state index contributed by atoms with van der Waals surface area (Å²) in [7, 11) is 0. The normalized spacial score (nSPS) is 17.2. The molecule has 0 aliphatic heterocycles. The Kier molecular flexibility index (Phi) is 6.64. The molecule has 0 unspecified atom stereocenters. The molecule has 2 aromatic rings. The maximum atomic E-state index is 13.1. The Morgan fingerprint density at radius 3 is 2.30 bits per heavy atom. The molecule has 2 amide bonds. The SMILES string of the molecule is CC(C)[C@H](NC(=O)c1ccc(C(C)(C)C)cc1)C(=O)N[C@H]1CCCc2ccccc21. The molecule has 1 aliphatic carbocycles. The second kappa shape index (κ2) is 9.03. The van der Waals surface area contributed by atoms with Gasteiger partial charge in [0, 0.05) is 5.56 Å². The number of fused-ring (bicyclic) bond motifs is 1. The average molecular weight is 407 g/mol. The van der Waals surface area contributed by atoms with E-state index in [2.05, 4.69) is 43.5 Å². The molecule has 0 heterocycles. The standard InChI is InChI=1S/C26H34N2O2/c1-17(2)23(28-24(29)19-13-15-20(16-14-19)26(3,4)5)25(30)27-22-12-8-10-18-9-6-7-11-21(18)22/h6-7,9,11,13-17,22-23H,8,10,12H2,1-5H3,(H,27,30)(H,28,29)/t22-,23-/m0/s1. The average Bonchev–Trinajstić information content (AvgIpc) is 2.71. The first kappa shape index (κ1) is 22.1. The molecule has 2 N–H and O–H groups in total. The number of rotatable bonds is 5. The number of hydrogen-bond acceptors (Lipinski definition) is 2. The van der Waals surface area contributed by atoms with E-state index in [-0.39, 0.29) is 29.2 Å². The van der Waals surface area contributed by atoms with Crippen LogP contribution in [0.3, 0.4) is 0 Å². The Bertz CT molecular complexity index is 894. The number of benzene rings is 2. The van der Waals surface area contributed by atoms with Gasteiger partial charge in [-0.25, -0.2) is 0 Å². The number of nitrogens with one attached hydrogen (secondary N) is 2. The van der Waals surface area contributed by atoms with E-state index in [0.29, 0.717) is 5.56 Å². The van der Waals surface area contributed by atoms with Crippen molar-refractivity contribution in [3.8, 4) is 0 Å². The van der Waals surface area contributed by atoms with Crippen molar-refractivity contribution < 1.29 is 9.59 Å². The molecule has 30 heavy (non-hydrogen) atoms. The van der Waals surface area contributed by atoms with Crippen LogP contribution < -0.4 is 10.6 Å². The summed E-state index contributed by atoms with van der Waals surface area (Å²) in [5, 5.41) is 6.14. The van der Waals surface area contributed by atoms with Crippen LogP contribution in [0.1, 0.15) is 80.6 Å². The van der Waals surface area contributed by atoms with E-state index in [1.54, 1.807) is 0 Å². The van der Waals surface area contributed by atoms with Gasteiger partial charge in [-0.15, -0.1) is 0 Å². The summed E-state index contributed by atoms with van der Waals surface area (Å²) in [4.78, 5) is 25.9. The Hall–Kier alpha value is -2.62. The molecular weight excluding hydrogens is 372 g/mol. The lowest BCUT2D eigenvalue weighted by Crippen LogP contribution is -2.50. The summed E-state index contributed by atoms with van der Waals surface area (Å²) in [6.07, 6.45) is 3.04. The third-order valence-electron chi connectivity index (χ3n) is 5.93. The Morgan fingerprint density at radius 2 is 1.67 bits per heavy atom. The van der Waals surface area contributed by atoms with Crippen LogP contribution in [0.4, 0.5) is 0 Å².